The van der Waals surface area contributed by atoms with Crippen LogP contribution >= 0.6 is 11.3 Å². The number of aromatic nitrogens is 4. The van der Waals surface area contributed by atoms with Crippen LogP contribution in [-0.2, 0) is 31.2 Å². The molecule has 1 N–H and O–H groups in total. The van der Waals surface area contributed by atoms with Crippen molar-refractivity contribution in [3.63, 3.8) is 0 Å². The highest BCUT2D eigenvalue weighted by atomic mass is 32.1. The van der Waals surface area contributed by atoms with Gasteiger partial charge in [-0.1, -0.05) is 0 Å². The zero-order chi connectivity index (χ0) is 17.7. The van der Waals surface area contributed by atoms with E-state index in [9.17, 15) is 9.59 Å². The Hall–Kier alpha value is -2.48. The lowest BCUT2D eigenvalue weighted by molar-refractivity contribution is -0.116. The van der Waals surface area contributed by atoms with Gasteiger partial charge in [0.25, 0.3) is 5.56 Å². The standard InChI is InChI=1S/C17H19N5O2S/c1-9-15(10(2)21(3)20-9)19-13(23)7-22-8-18-16-14(17(22)24)11-5-4-6-12(11)25-16/h8H,4-7H2,1-3H3,(H,19,23). The number of amides is 1. The second kappa shape index (κ2) is 5.80. The quantitative estimate of drug-likeness (QED) is 0.777. The summed E-state index contributed by atoms with van der Waals surface area (Å²) in [6.07, 6.45) is 4.51. The highest BCUT2D eigenvalue weighted by Crippen LogP contribution is 2.34. The second-order valence-electron chi connectivity index (χ2n) is 6.43. The molecule has 8 heteroatoms. The van der Waals surface area contributed by atoms with Gasteiger partial charge >= 0.3 is 0 Å². The maximum absolute atomic E-state index is 12.8. The first kappa shape index (κ1) is 16.0. The average Bonchev–Trinajstić information content (AvgIpc) is 3.20. The molecule has 0 bridgehead atoms. The summed E-state index contributed by atoms with van der Waals surface area (Å²) in [4.78, 5) is 31.7. The number of aryl methyl sites for hydroxylation is 4. The van der Waals surface area contributed by atoms with Gasteiger partial charge in [-0.25, -0.2) is 4.98 Å². The van der Waals surface area contributed by atoms with Gasteiger partial charge in [0.05, 0.1) is 28.8 Å². The SMILES string of the molecule is Cc1nn(C)c(C)c1NC(=O)Cn1cnc2sc3c(c2c1=O)CCC3. The number of nitrogens with zero attached hydrogens (tertiary/aromatic N) is 4. The zero-order valence-corrected chi connectivity index (χ0v) is 15.2. The molecule has 7 nitrogen and oxygen atoms in total. The molecule has 25 heavy (non-hydrogen) atoms. The van der Waals surface area contributed by atoms with Crippen molar-refractivity contribution in [3.05, 3.63) is 38.5 Å². The van der Waals surface area contributed by atoms with Crippen LogP contribution in [0.5, 0.6) is 0 Å². The normalized spacial score (nSPS) is 13.4. The molecule has 3 heterocycles. The highest BCUT2D eigenvalue weighted by molar-refractivity contribution is 7.18. The van der Waals surface area contributed by atoms with Gasteiger partial charge in [0, 0.05) is 11.9 Å². The van der Waals surface area contributed by atoms with E-state index in [1.807, 2.05) is 20.9 Å². The van der Waals surface area contributed by atoms with Crippen molar-refractivity contribution >= 4 is 33.1 Å². The van der Waals surface area contributed by atoms with Gasteiger partial charge in [0.2, 0.25) is 5.91 Å². The van der Waals surface area contributed by atoms with Gasteiger partial charge in [0.15, 0.2) is 0 Å². The van der Waals surface area contributed by atoms with Crippen LogP contribution in [0.25, 0.3) is 10.2 Å². The summed E-state index contributed by atoms with van der Waals surface area (Å²) in [5.41, 5.74) is 3.34. The van der Waals surface area contributed by atoms with Crippen LogP contribution in [-0.4, -0.2) is 25.2 Å². The maximum Gasteiger partial charge on any atom is 0.262 e. The summed E-state index contributed by atoms with van der Waals surface area (Å²) in [6.45, 7) is 3.68. The number of carbonyl (C=O) groups is 1. The molecule has 3 aromatic rings. The van der Waals surface area contributed by atoms with E-state index in [1.165, 1.54) is 15.8 Å². The number of hydrogen-bond donors (Lipinski definition) is 1. The summed E-state index contributed by atoms with van der Waals surface area (Å²) in [7, 11) is 1.83. The molecule has 1 aliphatic carbocycles. The topological polar surface area (TPSA) is 81.8 Å². The van der Waals surface area contributed by atoms with Crippen molar-refractivity contribution < 1.29 is 4.79 Å². The number of thiophene rings is 1. The Morgan fingerprint density at radius 1 is 1.36 bits per heavy atom. The van der Waals surface area contributed by atoms with Gasteiger partial charge < -0.3 is 5.32 Å². The largest absolute Gasteiger partial charge is 0.321 e. The number of rotatable bonds is 3. The molecule has 0 fully saturated rings. The zero-order valence-electron chi connectivity index (χ0n) is 14.4. The molecule has 3 aromatic heterocycles. The fraction of sp³-hybridized carbons (Fsp3) is 0.412. The molecule has 0 aromatic carbocycles. The first-order valence-electron chi connectivity index (χ1n) is 8.25. The van der Waals surface area contributed by atoms with Gasteiger partial charge in [-0.15, -0.1) is 11.3 Å². The molecular weight excluding hydrogens is 338 g/mol. The van der Waals surface area contributed by atoms with E-state index < -0.39 is 0 Å². The fourth-order valence-electron chi connectivity index (χ4n) is 3.42. The molecule has 4 rings (SSSR count). The Balaban J connectivity index is 1.63. The summed E-state index contributed by atoms with van der Waals surface area (Å²) < 4.78 is 3.11. The van der Waals surface area contributed by atoms with E-state index in [1.54, 1.807) is 16.0 Å². The summed E-state index contributed by atoms with van der Waals surface area (Å²) in [5.74, 6) is -0.255. The van der Waals surface area contributed by atoms with Crippen LogP contribution in [0.4, 0.5) is 5.69 Å². The molecule has 0 spiro atoms. The number of fused-ring (bicyclic) bond motifs is 3. The number of nitrogens with one attached hydrogen (secondary N) is 1. The van der Waals surface area contributed by atoms with Crippen LogP contribution in [0.2, 0.25) is 0 Å². The predicted octanol–water partition coefficient (Wildman–Crippen LogP) is 1.94. The molecule has 0 saturated carbocycles. The van der Waals surface area contributed by atoms with Crippen LogP contribution < -0.4 is 10.9 Å². The van der Waals surface area contributed by atoms with Gasteiger partial charge in [-0.2, -0.15) is 5.10 Å². The maximum atomic E-state index is 12.8. The fourth-order valence-corrected chi connectivity index (χ4v) is 4.64. The molecule has 0 aliphatic heterocycles. The molecule has 130 valence electrons. The third-order valence-electron chi connectivity index (χ3n) is 4.78. The van der Waals surface area contributed by atoms with Crippen molar-refractivity contribution in [1.29, 1.82) is 0 Å². The first-order chi connectivity index (χ1) is 12.0. The second-order valence-corrected chi connectivity index (χ2v) is 7.52. The molecule has 0 unspecified atom stereocenters. The molecule has 0 saturated heterocycles. The lowest BCUT2D eigenvalue weighted by Crippen LogP contribution is -2.28. The number of anilines is 1. The molecule has 1 amide bonds. The monoisotopic (exact) mass is 357 g/mol. The van der Waals surface area contributed by atoms with Gasteiger partial charge in [-0.3, -0.25) is 18.8 Å². The smallest absolute Gasteiger partial charge is 0.262 e. The lowest BCUT2D eigenvalue weighted by atomic mass is 10.2. The van der Waals surface area contributed by atoms with Crippen molar-refractivity contribution in [2.24, 2.45) is 7.05 Å². The van der Waals surface area contributed by atoms with E-state index in [0.717, 1.165) is 41.0 Å². The van der Waals surface area contributed by atoms with Crippen LogP contribution in [0.1, 0.15) is 28.2 Å². The van der Waals surface area contributed by atoms with E-state index in [2.05, 4.69) is 15.4 Å². The number of carbonyl (C=O) groups excluding carboxylic acids is 1. The van der Waals surface area contributed by atoms with Crippen LogP contribution in [0.15, 0.2) is 11.1 Å². The molecule has 0 radical (unpaired) electrons. The third kappa shape index (κ3) is 2.57. The Morgan fingerprint density at radius 2 is 2.16 bits per heavy atom. The Bertz CT molecular complexity index is 1060. The lowest BCUT2D eigenvalue weighted by Gasteiger charge is -2.08. The first-order valence-corrected chi connectivity index (χ1v) is 9.07. The molecular formula is C17H19N5O2S. The molecule has 1 aliphatic rings. The van der Waals surface area contributed by atoms with Crippen LogP contribution in [0.3, 0.4) is 0 Å². The highest BCUT2D eigenvalue weighted by Gasteiger charge is 2.22. The summed E-state index contributed by atoms with van der Waals surface area (Å²) >= 11 is 1.60. The van der Waals surface area contributed by atoms with Crippen molar-refractivity contribution in [1.82, 2.24) is 19.3 Å². The molecule has 0 atom stereocenters. The number of hydrogen-bond acceptors (Lipinski definition) is 5. The van der Waals surface area contributed by atoms with E-state index in [-0.39, 0.29) is 18.0 Å². The Labute approximate surface area is 148 Å². The van der Waals surface area contributed by atoms with E-state index >= 15 is 0 Å². The Kier molecular flexibility index (Phi) is 3.72. The van der Waals surface area contributed by atoms with Crippen molar-refractivity contribution in [3.8, 4) is 0 Å². The van der Waals surface area contributed by atoms with Crippen molar-refractivity contribution in [2.45, 2.75) is 39.7 Å². The average molecular weight is 357 g/mol. The van der Waals surface area contributed by atoms with Gasteiger partial charge in [0.1, 0.15) is 11.4 Å². The van der Waals surface area contributed by atoms with E-state index in [4.69, 9.17) is 0 Å². The van der Waals surface area contributed by atoms with Crippen molar-refractivity contribution in [2.75, 3.05) is 5.32 Å². The minimum absolute atomic E-state index is 0.0554. The Morgan fingerprint density at radius 3 is 2.88 bits per heavy atom. The van der Waals surface area contributed by atoms with Crippen LogP contribution in [0, 0.1) is 13.8 Å². The predicted molar refractivity (Wildman–Crippen MR) is 97.2 cm³/mol. The minimum Gasteiger partial charge on any atom is -0.321 e. The van der Waals surface area contributed by atoms with Gasteiger partial charge in [-0.05, 0) is 38.7 Å². The van der Waals surface area contributed by atoms with E-state index in [0.29, 0.717) is 11.1 Å². The minimum atomic E-state index is -0.255. The third-order valence-corrected chi connectivity index (χ3v) is 5.98. The summed E-state index contributed by atoms with van der Waals surface area (Å²) in [5, 5.41) is 7.84. The summed E-state index contributed by atoms with van der Waals surface area (Å²) in [6, 6.07) is 0.